The molecule has 1 saturated carbocycles. The molecule has 0 radical (unpaired) electrons. The van der Waals surface area contributed by atoms with E-state index in [-0.39, 0.29) is 5.25 Å². The summed E-state index contributed by atoms with van der Waals surface area (Å²) in [7, 11) is -0.874. The lowest BCUT2D eigenvalue weighted by Gasteiger charge is -2.20. The van der Waals surface area contributed by atoms with E-state index < -0.39 is 10.8 Å². The number of rotatable bonds is 5. The fraction of sp³-hybridized carbons (Fsp3) is 0.625. The minimum absolute atomic E-state index is 0.282. The molecule has 1 aliphatic rings. The third-order valence-corrected chi connectivity index (χ3v) is 5.82. The van der Waals surface area contributed by atoms with Crippen LogP contribution in [-0.2, 0) is 10.8 Å². The van der Waals surface area contributed by atoms with E-state index in [1.807, 2.05) is 12.1 Å². The van der Waals surface area contributed by atoms with Crippen LogP contribution in [0.15, 0.2) is 29.2 Å². The quantitative estimate of drug-likeness (QED) is 0.894. The Hall–Kier alpha value is -0.670. The highest BCUT2D eigenvalue weighted by Gasteiger charge is 2.31. The van der Waals surface area contributed by atoms with Crippen LogP contribution in [0.5, 0.6) is 0 Å². The van der Waals surface area contributed by atoms with Gasteiger partial charge in [0.1, 0.15) is 0 Å². The number of nitrogens with one attached hydrogen (secondary N) is 1. The first kappa shape index (κ1) is 14.7. The third-order valence-electron chi connectivity index (χ3n) is 3.97. The summed E-state index contributed by atoms with van der Waals surface area (Å²) < 4.78 is 12.7. The van der Waals surface area contributed by atoms with Crippen LogP contribution in [0.25, 0.3) is 0 Å². The average molecular weight is 279 g/mol. The summed E-state index contributed by atoms with van der Waals surface area (Å²) in [6, 6.07) is 8.76. The maximum Gasteiger partial charge on any atom is 0.0576 e. The maximum atomic E-state index is 12.7. The Morgan fingerprint density at radius 2 is 1.95 bits per heavy atom. The van der Waals surface area contributed by atoms with Crippen molar-refractivity contribution < 1.29 is 4.21 Å². The molecule has 1 fully saturated rings. The summed E-state index contributed by atoms with van der Waals surface area (Å²) in [5.74, 6) is 0.531. The molecule has 0 spiro atoms. The first-order chi connectivity index (χ1) is 9.13. The van der Waals surface area contributed by atoms with Gasteiger partial charge in [-0.05, 0) is 43.0 Å². The molecule has 0 aliphatic heterocycles. The molecular formula is C16H25NOS. The molecule has 3 heteroatoms. The smallest absolute Gasteiger partial charge is 0.0576 e. The van der Waals surface area contributed by atoms with E-state index in [2.05, 4.69) is 38.2 Å². The zero-order chi connectivity index (χ0) is 13.8. The molecule has 1 N–H and O–H groups in total. The van der Waals surface area contributed by atoms with Crippen LogP contribution in [-0.4, -0.2) is 22.0 Å². The summed E-state index contributed by atoms with van der Waals surface area (Å²) in [6.45, 7) is 7.45. The summed E-state index contributed by atoms with van der Waals surface area (Å²) >= 11 is 0. The average Bonchev–Trinajstić information content (AvgIpc) is 2.87. The predicted octanol–water partition coefficient (Wildman–Crippen LogP) is 3.45. The van der Waals surface area contributed by atoms with E-state index >= 15 is 0 Å². The molecule has 1 aliphatic carbocycles. The summed E-state index contributed by atoms with van der Waals surface area (Å²) in [5, 5.41) is 3.76. The van der Waals surface area contributed by atoms with Crippen LogP contribution in [0.1, 0.15) is 51.5 Å². The molecule has 3 unspecified atom stereocenters. The van der Waals surface area contributed by atoms with Crippen LogP contribution in [0.4, 0.5) is 0 Å². The largest absolute Gasteiger partial charge is 0.313 e. The van der Waals surface area contributed by atoms with Gasteiger partial charge in [0.25, 0.3) is 0 Å². The summed E-state index contributed by atoms with van der Waals surface area (Å²) in [4.78, 5) is 0.985. The SMILES string of the molecule is CCNC1CCCC1S(=O)c1ccc(C(C)C)cc1. The molecule has 1 aromatic rings. The Bertz CT molecular complexity index is 427. The van der Waals surface area contributed by atoms with Crippen molar-refractivity contribution in [2.45, 2.75) is 62.1 Å². The van der Waals surface area contributed by atoms with E-state index in [9.17, 15) is 4.21 Å². The second-order valence-corrected chi connectivity index (χ2v) is 7.33. The molecule has 0 bridgehead atoms. The van der Waals surface area contributed by atoms with Gasteiger partial charge in [0.2, 0.25) is 0 Å². The third kappa shape index (κ3) is 3.46. The minimum atomic E-state index is -0.874. The first-order valence-electron chi connectivity index (χ1n) is 7.37. The van der Waals surface area contributed by atoms with Gasteiger partial charge < -0.3 is 5.32 Å². The van der Waals surface area contributed by atoms with Gasteiger partial charge in [0.05, 0.1) is 16.0 Å². The van der Waals surface area contributed by atoms with Crippen molar-refractivity contribution in [2.24, 2.45) is 0 Å². The predicted molar refractivity (Wildman–Crippen MR) is 82.0 cm³/mol. The Balaban J connectivity index is 2.10. The second kappa shape index (κ2) is 6.67. The molecular weight excluding hydrogens is 254 g/mol. The van der Waals surface area contributed by atoms with Crippen molar-refractivity contribution in [2.75, 3.05) is 6.54 Å². The van der Waals surface area contributed by atoms with E-state index in [0.29, 0.717) is 12.0 Å². The monoisotopic (exact) mass is 279 g/mol. The van der Waals surface area contributed by atoms with Gasteiger partial charge in [-0.3, -0.25) is 4.21 Å². The second-order valence-electron chi connectivity index (χ2n) is 5.65. The lowest BCUT2D eigenvalue weighted by molar-refractivity contribution is 0.541. The van der Waals surface area contributed by atoms with Gasteiger partial charge in [-0.25, -0.2) is 0 Å². The number of hydrogen-bond donors (Lipinski definition) is 1. The van der Waals surface area contributed by atoms with Gasteiger partial charge >= 0.3 is 0 Å². The van der Waals surface area contributed by atoms with Crippen molar-refractivity contribution in [3.8, 4) is 0 Å². The molecule has 2 rings (SSSR count). The van der Waals surface area contributed by atoms with Gasteiger partial charge in [0.15, 0.2) is 0 Å². The van der Waals surface area contributed by atoms with Gasteiger partial charge in [-0.1, -0.05) is 39.3 Å². The maximum absolute atomic E-state index is 12.7. The van der Waals surface area contributed by atoms with Crippen molar-refractivity contribution in [3.63, 3.8) is 0 Å². The topological polar surface area (TPSA) is 29.1 Å². The van der Waals surface area contributed by atoms with E-state index in [1.165, 1.54) is 12.0 Å². The molecule has 0 heterocycles. The highest BCUT2D eigenvalue weighted by atomic mass is 32.2. The Kier molecular flexibility index (Phi) is 5.17. The molecule has 106 valence electrons. The molecule has 0 saturated heterocycles. The highest BCUT2D eigenvalue weighted by Crippen LogP contribution is 2.28. The van der Waals surface area contributed by atoms with Crippen LogP contribution < -0.4 is 5.32 Å². The zero-order valence-corrected chi connectivity index (χ0v) is 13.0. The van der Waals surface area contributed by atoms with E-state index in [0.717, 1.165) is 24.3 Å². The minimum Gasteiger partial charge on any atom is -0.313 e. The lowest BCUT2D eigenvalue weighted by atomic mass is 10.0. The Morgan fingerprint density at radius 1 is 1.26 bits per heavy atom. The molecule has 19 heavy (non-hydrogen) atoms. The molecule has 2 nitrogen and oxygen atoms in total. The Morgan fingerprint density at radius 3 is 2.53 bits per heavy atom. The summed E-state index contributed by atoms with van der Waals surface area (Å²) in [6.07, 6.45) is 3.43. The highest BCUT2D eigenvalue weighted by molar-refractivity contribution is 7.85. The van der Waals surface area contributed by atoms with Crippen LogP contribution in [0.2, 0.25) is 0 Å². The molecule has 3 atom stereocenters. The fourth-order valence-electron chi connectivity index (χ4n) is 2.84. The van der Waals surface area contributed by atoms with Crippen molar-refractivity contribution in [3.05, 3.63) is 29.8 Å². The van der Waals surface area contributed by atoms with Gasteiger partial charge in [-0.15, -0.1) is 0 Å². The van der Waals surface area contributed by atoms with Crippen LogP contribution >= 0.6 is 0 Å². The first-order valence-corrected chi connectivity index (χ1v) is 8.58. The van der Waals surface area contributed by atoms with Gasteiger partial charge in [-0.2, -0.15) is 0 Å². The number of benzene rings is 1. The van der Waals surface area contributed by atoms with Crippen molar-refractivity contribution in [1.29, 1.82) is 0 Å². The Labute approximate surface area is 119 Å². The van der Waals surface area contributed by atoms with Crippen molar-refractivity contribution >= 4 is 10.8 Å². The molecule has 1 aromatic carbocycles. The van der Waals surface area contributed by atoms with Gasteiger partial charge in [0, 0.05) is 10.9 Å². The summed E-state index contributed by atoms with van der Waals surface area (Å²) in [5.41, 5.74) is 1.32. The van der Waals surface area contributed by atoms with Crippen LogP contribution in [0, 0.1) is 0 Å². The zero-order valence-electron chi connectivity index (χ0n) is 12.2. The fourth-order valence-corrected chi connectivity index (χ4v) is 4.50. The van der Waals surface area contributed by atoms with E-state index in [1.54, 1.807) is 0 Å². The number of hydrogen-bond acceptors (Lipinski definition) is 2. The van der Waals surface area contributed by atoms with Crippen LogP contribution in [0.3, 0.4) is 0 Å². The normalized spacial score (nSPS) is 24.8. The molecule has 0 amide bonds. The lowest BCUT2D eigenvalue weighted by Crippen LogP contribution is -2.37. The standard InChI is InChI=1S/C16H25NOS/c1-4-17-15-6-5-7-16(15)19(18)14-10-8-13(9-11-14)12(2)3/h8-12,15-17H,4-7H2,1-3H3. The molecule has 0 aromatic heterocycles. The van der Waals surface area contributed by atoms with E-state index in [4.69, 9.17) is 0 Å². The van der Waals surface area contributed by atoms with Crippen molar-refractivity contribution in [1.82, 2.24) is 5.32 Å².